The number of H-pyrrole nitrogens is 1. The van der Waals surface area contributed by atoms with Gasteiger partial charge in [-0.1, -0.05) is 0 Å². The standard InChI is InChI=1S/C19H19N7O6/c20-19-25-15-14(17(30)26-19)22-8-11(23-15)7-21-10-3-1-9(2-4-10)16(29)24-12(18(31)32)5-6-13(27)28/h1-4,8,12,21H,5-7H2,(H,24,29)(H,27,28)(H,31,32)(H3,20,23,25,26,30)/t12-/m0/s1. The average Bonchev–Trinajstić information content (AvgIpc) is 2.74. The summed E-state index contributed by atoms with van der Waals surface area (Å²) in [6.45, 7) is 0.249. The minimum absolute atomic E-state index is 0.0659. The monoisotopic (exact) mass is 441 g/mol. The van der Waals surface area contributed by atoms with Crippen LogP contribution in [0.1, 0.15) is 28.9 Å². The third-order valence-corrected chi connectivity index (χ3v) is 4.36. The molecule has 1 atom stereocenters. The molecule has 1 amide bonds. The number of nitrogens with zero attached hydrogens (tertiary/aromatic N) is 3. The van der Waals surface area contributed by atoms with Crippen LogP contribution in [0.3, 0.4) is 0 Å². The van der Waals surface area contributed by atoms with Crippen LogP contribution in [-0.4, -0.2) is 54.0 Å². The predicted octanol–water partition coefficient (Wildman–Crippen LogP) is -0.0448. The van der Waals surface area contributed by atoms with Gasteiger partial charge in [0.2, 0.25) is 5.95 Å². The van der Waals surface area contributed by atoms with Crippen LogP contribution >= 0.6 is 0 Å². The number of amides is 1. The number of benzene rings is 1. The van der Waals surface area contributed by atoms with Gasteiger partial charge >= 0.3 is 11.9 Å². The van der Waals surface area contributed by atoms with Crippen LogP contribution in [0.25, 0.3) is 11.2 Å². The second kappa shape index (κ2) is 9.51. The van der Waals surface area contributed by atoms with Crippen LogP contribution in [-0.2, 0) is 16.1 Å². The molecular weight excluding hydrogens is 422 g/mol. The number of carbonyl (C=O) groups excluding carboxylic acids is 1. The fraction of sp³-hybridized carbons (Fsp3) is 0.211. The molecule has 0 aliphatic rings. The summed E-state index contributed by atoms with van der Waals surface area (Å²) in [5, 5.41) is 23.2. The number of nitrogen functional groups attached to an aromatic ring is 1. The summed E-state index contributed by atoms with van der Waals surface area (Å²) in [6.07, 6.45) is 0.816. The highest BCUT2D eigenvalue weighted by Crippen LogP contribution is 2.12. The largest absolute Gasteiger partial charge is 0.481 e. The molecule has 166 valence electrons. The minimum Gasteiger partial charge on any atom is -0.481 e. The van der Waals surface area contributed by atoms with E-state index in [9.17, 15) is 19.2 Å². The molecule has 1 aromatic carbocycles. The number of rotatable bonds is 9. The molecule has 2 aromatic heterocycles. The van der Waals surface area contributed by atoms with Crippen LogP contribution in [0, 0.1) is 0 Å². The van der Waals surface area contributed by atoms with Crippen molar-refractivity contribution in [2.45, 2.75) is 25.4 Å². The van der Waals surface area contributed by atoms with Gasteiger partial charge in [-0.2, -0.15) is 4.98 Å². The summed E-state index contributed by atoms with van der Waals surface area (Å²) in [6, 6.07) is 4.88. The van der Waals surface area contributed by atoms with Crippen LogP contribution in [0.2, 0.25) is 0 Å². The van der Waals surface area contributed by atoms with E-state index in [2.05, 4.69) is 30.6 Å². The molecule has 3 aromatic rings. The minimum atomic E-state index is -1.31. The molecule has 0 aliphatic carbocycles. The first kappa shape index (κ1) is 22.1. The van der Waals surface area contributed by atoms with Gasteiger partial charge < -0.3 is 26.6 Å². The van der Waals surface area contributed by atoms with E-state index < -0.39 is 29.4 Å². The van der Waals surface area contributed by atoms with E-state index in [1.807, 2.05) is 0 Å². The summed E-state index contributed by atoms with van der Waals surface area (Å²) in [5.74, 6) is -3.16. The molecule has 7 N–H and O–H groups in total. The number of hydrogen-bond donors (Lipinski definition) is 6. The second-order valence-corrected chi connectivity index (χ2v) is 6.71. The maximum atomic E-state index is 12.3. The van der Waals surface area contributed by atoms with E-state index in [-0.39, 0.29) is 42.1 Å². The lowest BCUT2D eigenvalue weighted by atomic mass is 10.1. The van der Waals surface area contributed by atoms with E-state index in [0.29, 0.717) is 11.4 Å². The molecule has 13 nitrogen and oxygen atoms in total. The molecule has 0 saturated heterocycles. The van der Waals surface area contributed by atoms with Crippen molar-refractivity contribution in [2.75, 3.05) is 11.1 Å². The number of aromatic amines is 1. The molecule has 32 heavy (non-hydrogen) atoms. The van der Waals surface area contributed by atoms with Crippen molar-refractivity contribution in [2.24, 2.45) is 0 Å². The molecular formula is C19H19N7O6. The lowest BCUT2D eigenvalue weighted by Crippen LogP contribution is -2.41. The van der Waals surface area contributed by atoms with Gasteiger partial charge in [0, 0.05) is 17.7 Å². The van der Waals surface area contributed by atoms with Crippen LogP contribution < -0.4 is 21.9 Å². The Morgan fingerprint density at radius 1 is 1.12 bits per heavy atom. The molecule has 13 heteroatoms. The molecule has 0 saturated carbocycles. The number of carboxylic acid groups (broad SMARTS) is 2. The van der Waals surface area contributed by atoms with Gasteiger partial charge in [0.25, 0.3) is 11.5 Å². The van der Waals surface area contributed by atoms with E-state index in [1.54, 1.807) is 12.1 Å². The predicted molar refractivity (Wildman–Crippen MR) is 112 cm³/mol. The van der Waals surface area contributed by atoms with E-state index in [4.69, 9.17) is 15.9 Å². The fourth-order valence-corrected chi connectivity index (χ4v) is 2.75. The third kappa shape index (κ3) is 5.53. The fourth-order valence-electron chi connectivity index (χ4n) is 2.75. The Kier molecular flexibility index (Phi) is 6.58. The zero-order chi connectivity index (χ0) is 23.3. The van der Waals surface area contributed by atoms with Crippen molar-refractivity contribution in [3.63, 3.8) is 0 Å². The van der Waals surface area contributed by atoms with Crippen LogP contribution in [0.15, 0.2) is 35.3 Å². The SMILES string of the molecule is Nc1nc2nc(CNc3ccc(C(=O)N[C@@H](CCC(=O)O)C(=O)O)cc3)cnc2c(=O)[nH]1. The van der Waals surface area contributed by atoms with E-state index in [1.165, 1.54) is 18.3 Å². The lowest BCUT2D eigenvalue weighted by Gasteiger charge is -2.14. The molecule has 0 fully saturated rings. The molecule has 0 spiro atoms. The Bertz CT molecular complexity index is 1230. The maximum Gasteiger partial charge on any atom is 0.326 e. The summed E-state index contributed by atoms with van der Waals surface area (Å²) in [4.78, 5) is 60.4. The van der Waals surface area contributed by atoms with Gasteiger partial charge in [0.1, 0.15) is 6.04 Å². The van der Waals surface area contributed by atoms with Gasteiger partial charge in [-0.15, -0.1) is 0 Å². The van der Waals surface area contributed by atoms with E-state index in [0.717, 1.165) is 0 Å². The normalized spacial score (nSPS) is 11.6. The third-order valence-electron chi connectivity index (χ3n) is 4.36. The number of nitrogens with two attached hydrogens (primary N) is 1. The highest BCUT2D eigenvalue weighted by molar-refractivity contribution is 5.96. The van der Waals surface area contributed by atoms with Crippen molar-refractivity contribution in [1.29, 1.82) is 0 Å². The second-order valence-electron chi connectivity index (χ2n) is 6.71. The molecule has 0 radical (unpaired) electrons. The summed E-state index contributed by atoms with van der Waals surface area (Å²) in [5.41, 5.74) is 6.57. The molecule has 2 heterocycles. The molecule has 0 unspecified atom stereocenters. The van der Waals surface area contributed by atoms with Crippen LogP contribution in [0.4, 0.5) is 11.6 Å². The Hall–Kier alpha value is -4.55. The smallest absolute Gasteiger partial charge is 0.326 e. The molecule has 0 aliphatic heterocycles. The number of fused-ring (bicyclic) bond motifs is 1. The van der Waals surface area contributed by atoms with Crippen molar-refractivity contribution < 1.29 is 24.6 Å². The average molecular weight is 441 g/mol. The van der Waals surface area contributed by atoms with Crippen molar-refractivity contribution in [1.82, 2.24) is 25.3 Å². The quantitative estimate of drug-likeness (QED) is 0.259. The number of nitrogens with one attached hydrogen (secondary N) is 3. The Labute approximate surface area is 179 Å². The van der Waals surface area contributed by atoms with Gasteiger partial charge in [0.05, 0.1) is 18.4 Å². The maximum absolute atomic E-state index is 12.3. The first-order chi connectivity index (χ1) is 15.2. The number of aromatic nitrogens is 4. The molecule has 3 rings (SSSR count). The first-order valence-electron chi connectivity index (χ1n) is 9.33. The summed E-state index contributed by atoms with van der Waals surface area (Å²) in [7, 11) is 0. The number of anilines is 2. The summed E-state index contributed by atoms with van der Waals surface area (Å²) < 4.78 is 0. The Morgan fingerprint density at radius 2 is 1.84 bits per heavy atom. The Morgan fingerprint density at radius 3 is 2.50 bits per heavy atom. The zero-order valence-electron chi connectivity index (χ0n) is 16.5. The highest BCUT2D eigenvalue weighted by Gasteiger charge is 2.21. The number of aliphatic carboxylic acids is 2. The van der Waals surface area contributed by atoms with Crippen molar-refractivity contribution in [3.8, 4) is 0 Å². The van der Waals surface area contributed by atoms with E-state index >= 15 is 0 Å². The van der Waals surface area contributed by atoms with Crippen molar-refractivity contribution in [3.05, 3.63) is 52.1 Å². The lowest BCUT2D eigenvalue weighted by molar-refractivity contribution is -0.140. The van der Waals surface area contributed by atoms with Crippen LogP contribution in [0.5, 0.6) is 0 Å². The first-order valence-corrected chi connectivity index (χ1v) is 9.33. The van der Waals surface area contributed by atoms with Gasteiger partial charge in [-0.25, -0.2) is 14.8 Å². The number of carbonyl (C=O) groups is 3. The van der Waals surface area contributed by atoms with Gasteiger partial charge in [-0.3, -0.25) is 19.4 Å². The molecule has 0 bridgehead atoms. The van der Waals surface area contributed by atoms with Crippen molar-refractivity contribution >= 4 is 40.6 Å². The summed E-state index contributed by atoms with van der Waals surface area (Å²) >= 11 is 0. The van der Waals surface area contributed by atoms with Gasteiger partial charge in [0.15, 0.2) is 11.2 Å². The number of carboxylic acids is 2. The van der Waals surface area contributed by atoms with Gasteiger partial charge in [-0.05, 0) is 30.7 Å². The number of hydrogen-bond acceptors (Lipinski definition) is 9. The zero-order valence-corrected chi connectivity index (χ0v) is 16.5. The highest BCUT2D eigenvalue weighted by atomic mass is 16.4. The Balaban J connectivity index is 1.62. The topological polar surface area (TPSA) is 213 Å².